The third-order valence-electron chi connectivity index (χ3n) is 11.0. The van der Waals surface area contributed by atoms with E-state index in [1.54, 1.807) is 68.8 Å². The topological polar surface area (TPSA) is 192 Å². The van der Waals surface area contributed by atoms with Crippen molar-refractivity contribution in [1.29, 1.82) is 0 Å². The van der Waals surface area contributed by atoms with Crippen molar-refractivity contribution in [3.05, 3.63) is 156 Å². The Morgan fingerprint density at radius 2 is 1.37 bits per heavy atom. The van der Waals surface area contributed by atoms with Crippen LogP contribution >= 0.6 is 0 Å². The van der Waals surface area contributed by atoms with Crippen molar-refractivity contribution in [3.8, 4) is 16.9 Å². The summed E-state index contributed by atoms with van der Waals surface area (Å²) in [4.78, 5) is 77.1. The van der Waals surface area contributed by atoms with Crippen LogP contribution in [0.5, 0.6) is 5.75 Å². The Morgan fingerprint density at radius 1 is 0.717 bits per heavy atom. The van der Waals surface area contributed by atoms with Crippen molar-refractivity contribution >= 4 is 40.5 Å². The predicted octanol–water partition coefficient (Wildman–Crippen LogP) is 5.04. The average molecular weight is 807 g/mol. The first-order valence-electron chi connectivity index (χ1n) is 19.8. The van der Waals surface area contributed by atoms with E-state index in [1.807, 2.05) is 78.9 Å². The lowest BCUT2D eigenvalue weighted by Gasteiger charge is -2.30. The van der Waals surface area contributed by atoms with Crippen LogP contribution in [0.25, 0.3) is 22.0 Å². The number of aliphatic carboxylic acids is 1. The molecule has 0 spiro atoms. The fourth-order valence-corrected chi connectivity index (χ4v) is 7.55. The van der Waals surface area contributed by atoms with Gasteiger partial charge in [-0.05, 0) is 63.7 Å². The molecule has 2 aliphatic heterocycles. The normalized spacial score (nSPS) is 20.2. The van der Waals surface area contributed by atoms with E-state index in [0.717, 1.165) is 33.2 Å². The minimum Gasteiger partial charge on any atom is -0.484 e. The second-order valence-corrected chi connectivity index (χ2v) is 15.0. The summed E-state index contributed by atoms with van der Waals surface area (Å²) < 4.78 is 5.76. The number of H-pyrrole nitrogens is 1. The van der Waals surface area contributed by atoms with Crippen LogP contribution < -0.4 is 26.0 Å². The average Bonchev–Trinajstić information content (AvgIpc) is 3.71. The number of pyridine rings is 1. The van der Waals surface area contributed by atoms with Crippen molar-refractivity contribution < 1.29 is 33.8 Å². The fraction of sp³-hybridized carbons (Fsp3) is 0.234. The highest BCUT2D eigenvalue weighted by Gasteiger charge is 2.36. The first-order valence-corrected chi connectivity index (χ1v) is 19.8. The van der Waals surface area contributed by atoms with Crippen LogP contribution in [-0.2, 0) is 36.8 Å². The smallest absolute Gasteiger partial charge is 0.326 e. The minimum absolute atomic E-state index is 0.0155. The van der Waals surface area contributed by atoms with Gasteiger partial charge in [-0.3, -0.25) is 24.2 Å². The summed E-state index contributed by atoms with van der Waals surface area (Å²) in [6, 6.07) is 29.8. The number of nitrogens with one attached hydrogen (secondary N) is 5. The van der Waals surface area contributed by atoms with Crippen molar-refractivity contribution in [2.24, 2.45) is 0 Å². The predicted molar refractivity (Wildman–Crippen MR) is 226 cm³/mol. The fourth-order valence-electron chi connectivity index (χ4n) is 7.55. The molecule has 6 N–H and O–H groups in total. The number of para-hydroxylation sites is 1. The summed E-state index contributed by atoms with van der Waals surface area (Å²) in [7, 11) is 0. The number of nitrogens with zero attached hydrogens (tertiary/aromatic N) is 1. The van der Waals surface area contributed by atoms with Crippen molar-refractivity contribution in [3.63, 3.8) is 0 Å². The Bertz CT molecular complexity index is 2460. The Hall–Kier alpha value is -7.28. The highest BCUT2D eigenvalue weighted by Crippen LogP contribution is 2.29. The van der Waals surface area contributed by atoms with Crippen LogP contribution in [0.4, 0.5) is 0 Å². The number of hydrogen-bond donors (Lipinski definition) is 6. The molecule has 0 saturated carbocycles. The quantitative estimate of drug-likeness (QED) is 0.115. The monoisotopic (exact) mass is 806 g/mol. The molecule has 13 heteroatoms. The maximum absolute atomic E-state index is 14.7. The molecule has 4 amide bonds. The Balaban J connectivity index is 1.28. The zero-order valence-corrected chi connectivity index (χ0v) is 33.1. The second-order valence-electron chi connectivity index (χ2n) is 15.0. The second kappa shape index (κ2) is 18.5. The first-order chi connectivity index (χ1) is 29.0. The number of carbonyl (C=O) groups excluding carboxylic acids is 4. The van der Waals surface area contributed by atoms with E-state index in [9.17, 15) is 29.1 Å². The lowest BCUT2D eigenvalue weighted by Crippen LogP contribution is -2.60. The largest absolute Gasteiger partial charge is 0.484 e. The van der Waals surface area contributed by atoms with Gasteiger partial charge in [0.25, 0.3) is 5.91 Å². The van der Waals surface area contributed by atoms with E-state index in [4.69, 9.17) is 4.74 Å². The molecule has 6 aromatic rings. The zero-order chi connectivity index (χ0) is 42.2. The van der Waals surface area contributed by atoms with Crippen LogP contribution in [-0.4, -0.2) is 75.4 Å². The molecule has 8 rings (SSSR count). The summed E-state index contributed by atoms with van der Waals surface area (Å²) in [6.07, 6.45) is 4.89. The molecule has 13 nitrogen and oxygen atoms in total. The number of fused-ring (bicyclic) bond motifs is 17. The summed E-state index contributed by atoms with van der Waals surface area (Å²) in [5.74, 6) is -4.82. The van der Waals surface area contributed by atoms with Gasteiger partial charge in [0.2, 0.25) is 17.7 Å². The molecular weight excluding hydrogens is 761 g/mol. The summed E-state index contributed by atoms with van der Waals surface area (Å²) in [5, 5.41) is 22.4. The number of carbonyl (C=O) groups is 5. The molecule has 6 atom stereocenters. The zero-order valence-electron chi connectivity index (χ0n) is 33.1. The van der Waals surface area contributed by atoms with Crippen molar-refractivity contribution in [2.45, 2.75) is 62.7 Å². The lowest BCUT2D eigenvalue weighted by molar-refractivity contribution is -0.142. The molecule has 0 saturated heterocycles. The molecule has 2 aliphatic rings. The van der Waals surface area contributed by atoms with Gasteiger partial charge in [-0.25, -0.2) is 4.79 Å². The maximum Gasteiger partial charge on any atom is 0.326 e. The van der Waals surface area contributed by atoms with Crippen LogP contribution in [0.15, 0.2) is 134 Å². The van der Waals surface area contributed by atoms with Gasteiger partial charge in [0.05, 0.1) is 0 Å². The van der Waals surface area contributed by atoms with Gasteiger partial charge in [0.1, 0.15) is 29.9 Å². The van der Waals surface area contributed by atoms with E-state index in [0.29, 0.717) is 16.9 Å². The molecule has 2 bridgehead atoms. The first kappa shape index (κ1) is 40.9. The van der Waals surface area contributed by atoms with E-state index in [1.165, 1.54) is 0 Å². The maximum atomic E-state index is 14.7. The van der Waals surface area contributed by atoms with Crippen LogP contribution in [0.1, 0.15) is 47.9 Å². The molecule has 2 aromatic heterocycles. The summed E-state index contributed by atoms with van der Waals surface area (Å²) in [5.41, 5.74) is 5.52. The van der Waals surface area contributed by atoms with Gasteiger partial charge in [-0.15, -0.1) is 0 Å². The van der Waals surface area contributed by atoms with E-state index >= 15 is 0 Å². The van der Waals surface area contributed by atoms with E-state index in [-0.39, 0.29) is 12.8 Å². The number of rotatable bonds is 8. The number of benzene rings is 4. The van der Waals surface area contributed by atoms with Crippen LogP contribution in [0.2, 0.25) is 0 Å². The summed E-state index contributed by atoms with van der Waals surface area (Å²) in [6.45, 7) is 3.14. The number of amides is 4. The van der Waals surface area contributed by atoms with Crippen molar-refractivity contribution in [2.75, 3.05) is 6.61 Å². The summed E-state index contributed by atoms with van der Waals surface area (Å²) >= 11 is 0. The van der Waals surface area contributed by atoms with E-state index in [2.05, 4.69) is 31.2 Å². The number of aromatic amines is 1. The van der Waals surface area contributed by atoms with Gasteiger partial charge in [0, 0.05) is 54.2 Å². The highest BCUT2D eigenvalue weighted by atomic mass is 16.5. The Kier molecular flexibility index (Phi) is 12.6. The third-order valence-corrected chi connectivity index (χ3v) is 11.0. The van der Waals surface area contributed by atoms with Crippen LogP contribution in [0.3, 0.4) is 0 Å². The third kappa shape index (κ3) is 9.70. The number of ether oxygens (including phenoxy) is 1. The van der Waals surface area contributed by atoms with Gasteiger partial charge in [-0.2, -0.15) is 0 Å². The lowest BCUT2D eigenvalue weighted by atomic mass is 9.91. The molecule has 60 heavy (non-hydrogen) atoms. The molecule has 4 heterocycles. The highest BCUT2D eigenvalue weighted by molar-refractivity contribution is 5.96. The van der Waals surface area contributed by atoms with E-state index < -0.39 is 72.2 Å². The molecule has 6 unspecified atom stereocenters. The molecule has 306 valence electrons. The molecule has 0 radical (unpaired) electrons. The van der Waals surface area contributed by atoms with Crippen molar-refractivity contribution in [1.82, 2.24) is 31.2 Å². The van der Waals surface area contributed by atoms with Gasteiger partial charge in [-0.1, -0.05) is 98.8 Å². The molecule has 4 aromatic carbocycles. The minimum atomic E-state index is -1.36. The van der Waals surface area contributed by atoms with Gasteiger partial charge >= 0.3 is 5.97 Å². The number of carboxylic acid groups (broad SMARTS) is 1. The number of carboxylic acids is 1. The Labute approximate surface area is 347 Å². The molecule has 0 aliphatic carbocycles. The number of aromatic nitrogens is 2. The number of hydrogen-bond acceptors (Lipinski definition) is 7. The molecule has 0 fully saturated rings. The Morgan fingerprint density at radius 3 is 2.08 bits per heavy atom. The SMILES string of the molecule is CC(c1ccncc1)C1NC(=O)COc2ccc(cc2)CC(C(=O)O)NC(=O)C(C(C)c2c[nH]c3ccccc23)NC(=O)C(Cc2ccc(-c3ccccc3)cc2)NC1=O. The standard InChI is InChI=1S/C47H46N6O7/c1-28(32-20-22-48-23-21-32)42-45(56)50-39(24-30-12-16-34(17-13-30)33-8-4-3-5-9-33)44(55)53-43(29(2)37-26-49-38-11-7-6-10-36(37)38)46(57)51-40(47(58)59)25-31-14-18-35(19-15-31)60-27-41(54)52-42/h3-23,26,28-29,39-40,42-43,49H,24-25,27H2,1-2H3,(H,50,56)(H,51,57)(H,52,54)(H,53,55)(H,58,59). The van der Waals surface area contributed by atoms with Gasteiger partial charge < -0.3 is 36.1 Å². The van der Waals surface area contributed by atoms with Gasteiger partial charge in [0.15, 0.2) is 6.61 Å². The van der Waals surface area contributed by atoms with Crippen LogP contribution in [0, 0.1) is 0 Å². The molecular formula is C47H46N6O7.